The third-order valence-electron chi connectivity index (χ3n) is 3.24. The zero-order chi connectivity index (χ0) is 16.2. The number of benzene rings is 2. The highest BCUT2D eigenvalue weighted by Crippen LogP contribution is 2.27. The summed E-state index contributed by atoms with van der Waals surface area (Å²) in [5.74, 6) is 1.18. The topological polar surface area (TPSA) is 49.8 Å². The van der Waals surface area contributed by atoms with Crippen molar-refractivity contribution in [3.63, 3.8) is 0 Å². The van der Waals surface area contributed by atoms with Crippen LogP contribution in [0.1, 0.15) is 5.56 Å². The van der Waals surface area contributed by atoms with E-state index in [4.69, 9.17) is 23.2 Å². The highest BCUT2D eigenvalue weighted by Gasteiger charge is 2.04. The first-order valence-electron chi connectivity index (χ1n) is 6.99. The molecular formula is C17H14Cl2N4. The van der Waals surface area contributed by atoms with E-state index in [1.807, 2.05) is 37.3 Å². The zero-order valence-electron chi connectivity index (χ0n) is 12.3. The van der Waals surface area contributed by atoms with Gasteiger partial charge in [-0.1, -0.05) is 41.4 Å². The average molecular weight is 345 g/mol. The molecule has 1 heterocycles. The van der Waals surface area contributed by atoms with Gasteiger partial charge in [-0.05, 0) is 42.8 Å². The normalized spacial score (nSPS) is 10.4. The summed E-state index contributed by atoms with van der Waals surface area (Å²) in [5.41, 5.74) is 2.90. The summed E-state index contributed by atoms with van der Waals surface area (Å²) >= 11 is 11.9. The lowest BCUT2D eigenvalue weighted by Gasteiger charge is -2.10. The second-order valence-corrected chi connectivity index (χ2v) is 5.77. The molecule has 0 aliphatic rings. The number of halogens is 2. The second-order valence-electron chi connectivity index (χ2n) is 4.96. The summed E-state index contributed by atoms with van der Waals surface area (Å²) in [7, 11) is 0. The lowest BCUT2D eigenvalue weighted by Crippen LogP contribution is -2.01. The smallest absolute Gasteiger partial charge is 0.229 e. The van der Waals surface area contributed by atoms with Crippen LogP contribution in [-0.2, 0) is 0 Å². The van der Waals surface area contributed by atoms with Crippen molar-refractivity contribution in [3.05, 3.63) is 70.3 Å². The predicted octanol–water partition coefficient (Wildman–Crippen LogP) is 5.58. The molecule has 23 heavy (non-hydrogen) atoms. The van der Waals surface area contributed by atoms with Crippen LogP contribution in [-0.4, -0.2) is 9.97 Å². The number of rotatable bonds is 4. The van der Waals surface area contributed by atoms with Crippen LogP contribution >= 0.6 is 23.2 Å². The first kappa shape index (κ1) is 15.6. The molecule has 3 rings (SSSR count). The SMILES string of the molecule is Cc1ccccc1Nc1nccc(Nc2ccc(Cl)c(Cl)c2)n1. The van der Waals surface area contributed by atoms with Crippen molar-refractivity contribution < 1.29 is 0 Å². The Morgan fingerprint density at radius 1 is 0.913 bits per heavy atom. The van der Waals surface area contributed by atoms with E-state index < -0.39 is 0 Å². The lowest BCUT2D eigenvalue weighted by molar-refractivity contribution is 1.16. The van der Waals surface area contributed by atoms with Gasteiger partial charge in [0.15, 0.2) is 0 Å². The Hall–Kier alpha value is -2.30. The predicted molar refractivity (Wildman–Crippen MR) is 96.2 cm³/mol. The number of anilines is 4. The van der Waals surface area contributed by atoms with E-state index in [1.165, 1.54) is 0 Å². The van der Waals surface area contributed by atoms with Crippen molar-refractivity contribution in [2.24, 2.45) is 0 Å². The Balaban J connectivity index is 1.79. The molecule has 0 bridgehead atoms. The second kappa shape index (κ2) is 6.86. The van der Waals surface area contributed by atoms with E-state index in [1.54, 1.807) is 24.4 Å². The minimum Gasteiger partial charge on any atom is -0.340 e. The Morgan fingerprint density at radius 3 is 2.52 bits per heavy atom. The maximum atomic E-state index is 6.02. The Kier molecular flexibility index (Phi) is 4.65. The van der Waals surface area contributed by atoms with Gasteiger partial charge in [0.25, 0.3) is 0 Å². The summed E-state index contributed by atoms with van der Waals surface area (Å²) in [4.78, 5) is 8.69. The van der Waals surface area contributed by atoms with E-state index in [2.05, 4.69) is 20.6 Å². The van der Waals surface area contributed by atoms with Gasteiger partial charge in [0.05, 0.1) is 10.0 Å². The van der Waals surface area contributed by atoms with Crippen LogP contribution in [0.2, 0.25) is 10.0 Å². The Labute approximate surface area is 144 Å². The fourth-order valence-corrected chi connectivity index (χ4v) is 2.34. The van der Waals surface area contributed by atoms with Gasteiger partial charge in [-0.2, -0.15) is 4.98 Å². The van der Waals surface area contributed by atoms with E-state index in [0.29, 0.717) is 21.8 Å². The molecule has 2 aromatic carbocycles. The summed E-state index contributed by atoms with van der Waals surface area (Å²) in [6, 6.07) is 15.1. The minimum atomic E-state index is 0.490. The van der Waals surface area contributed by atoms with Crippen molar-refractivity contribution in [2.45, 2.75) is 6.92 Å². The molecule has 0 unspecified atom stereocenters. The largest absolute Gasteiger partial charge is 0.340 e. The minimum absolute atomic E-state index is 0.490. The molecule has 0 aliphatic heterocycles. The van der Waals surface area contributed by atoms with Gasteiger partial charge < -0.3 is 10.6 Å². The van der Waals surface area contributed by atoms with Gasteiger partial charge in [0, 0.05) is 17.6 Å². The number of nitrogens with one attached hydrogen (secondary N) is 2. The third kappa shape index (κ3) is 3.92. The van der Waals surface area contributed by atoms with Crippen molar-refractivity contribution in [1.82, 2.24) is 9.97 Å². The van der Waals surface area contributed by atoms with E-state index in [9.17, 15) is 0 Å². The molecule has 0 fully saturated rings. The van der Waals surface area contributed by atoms with Gasteiger partial charge in [-0.25, -0.2) is 4.98 Å². The molecule has 0 saturated carbocycles. The third-order valence-corrected chi connectivity index (χ3v) is 3.98. The van der Waals surface area contributed by atoms with Crippen molar-refractivity contribution in [1.29, 1.82) is 0 Å². The Morgan fingerprint density at radius 2 is 1.74 bits per heavy atom. The van der Waals surface area contributed by atoms with Crippen LogP contribution in [0.15, 0.2) is 54.7 Å². The molecule has 0 aliphatic carbocycles. The van der Waals surface area contributed by atoms with Crippen LogP contribution < -0.4 is 10.6 Å². The highest BCUT2D eigenvalue weighted by atomic mass is 35.5. The monoisotopic (exact) mass is 344 g/mol. The number of para-hydroxylation sites is 1. The first-order valence-corrected chi connectivity index (χ1v) is 7.75. The summed E-state index contributed by atoms with van der Waals surface area (Å²) in [6.45, 7) is 2.03. The quantitative estimate of drug-likeness (QED) is 0.648. The molecule has 1 aromatic heterocycles. The van der Waals surface area contributed by atoms with E-state index >= 15 is 0 Å². The molecule has 6 heteroatoms. The lowest BCUT2D eigenvalue weighted by atomic mass is 10.2. The fourth-order valence-electron chi connectivity index (χ4n) is 2.04. The zero-order valence-corrected chi connectivity index (χ0v) is 13.9. The average Bonchev–Trinajstić information content (AvgIpc) is 2.54. The standard InChI is InChI=1S/C17H14Cl2N4/c1-11-4-2-3-5-15(11)22-17-20-9-8-16(23-17)21-12-6-7-13(18)14(19)10-12/h2-10H,1H3,(H2,20,21,22,23). The molecule has 0 saturated heterocycles. The van der Waals surface area contributed by atoms with Crippen molar-refractivity contribution in [3.8, 4) is 0 Å². The van der Waals surface area contributed by atoms with Crippen LogP contribution in [0, 0.1) is 6.92 Å². The van der Waals surface area contributed by atoms with Gasteiger partial charge in [-0.3, -0.25) is 0 Å². The number of hydrogen-bond acceptors (Lipinski definition) is 4. The number of nitrogens with zero attached hydrogens (tertiary/aromatic N) is 2. The van der Waals surface area contributed by atoms with Crippen LogP contribution in [0.4, 0.5) is 23.1 Å². The molecule has 3 aromatic rings. The molecule has 0 radical (unpaired) electrons. The molecule has 0 amide bonds. The van der Waals surface area contributed by atoms with Crippen molar-refractivity contribution >= 4 is 46.3 Å². The summed E-state index contributed by atoms with van der Waals surface area (Å²) in [5, 5.41) is 7.39. The van der Waals surface area contributed by atoms with Gasteiger partial charge in [0.2, 0.25) is 5.95 Å². The van der Waals surface area contributed by atoms with E-state index in [-0.39, 0.29) is 0 Å². The fraction of sp³-hybridized carbons (Fsp3) is 0.0588. The van der Waals surface area contributed by atoms with Crippen LogP contribution in [0.25, 0.3) is 0 Å². The number of hydrogen-bond donors (Lipinski definition) is 2. The molecule has 0 spiro atoms. The van der Waals surface area contributed by atoms with Gasteiger partial charge in [0.1, 0.15) is 5.82 Å². The van der Waals surface area contributed by atoms with Gasteiger partial charge in [-0.15, -0.1) is 0 Å². The summed E-state index contributed by atoms with van der Waals surface area (Å²) < 4.78 is 0. The Bertz CT molecular complexity index is 836. The highest BCUT2D eigenvalue weighted by molar-refractivity contribution is 6.42. The molecule has 2 N–H and O–H groups in total. The van der Waals surface area contributed by atoms with Crippen LogP contribution in [0.3, 0.4) is 0 Å². The van der Waals surface area contributed by atoms with E-state index in [0.717, 1.165) is 16.9 Å². The number of aryl methyl sites for hydroxylation is 1. The first-order chi connectivity index (χ1) is 11.1. The van der Waals surface area contributed by atoms with Crippen LogP contribution in [0.5, 0.6) is 0 Å². The van der Waals surface area contributed by atoms with Gasteiger partial charge >= 0.3 is 0 Å². The van der Waals surface area contributed by atoms with Crippen molar-refractivity contribution in [2.75, 3.05) is 10.6 Å². The maximum absolute atomic E-state index is 6.02. The number of aromatic nitrogens is 2. The molecule has 0 atom stereocenters. The molecule has 116 valence electrons. The summed E-state index contributed by atoms with van der Waals surface area (Å²) in [6.07, 6.45) is 1.69. The molecular weight excluding hydrogens is 331 g/mol. The maximum Gasteiger partial charge on any atom is 0.229 e. The molecule has 4 nitrogen and oxygen atoms in total.